The van der Waals surface area contributed by atoms with Gasteiger partial charge in [0.15, 0.2) is 0 Å². The molecule has 0 fully saturated rings. The molecule has 0 radical (unpaired) electrons. The Kier molecular flexibility index (Phi) is 1.94. The van der Waals surface area contributed by atoms with Gasteiger partial charge in [-0.25, -0.2) is 4.98 Å². The van der Waals surface area contributed by atoms with Crippen molar-refractivity contribution < 1.29 is 0 Å². The van der Waals surface area contributed by atoms with Gasteiger partial charge < -0.3 is 10.7 Å². The Labute approximate surface area is 80.6 Å². The summed E-state index contributed by atoms with van der Waals surface area (Å²) in [6.07, 6.45) is 3.44. The number of hydrogen-bond donors (Lipinski definition) is 2. The first kappa shape index (κ1) is 8.13. The summed E-state index contributed by atoms with van der Waals surface area (Å²) in [6, 6.07) is 5.34. The molecule has 0 aliphatic rings. The lowest BCUT2D eigenvalue weighted by Gasteiger charge is -2.01. The molecular weight excluding hydrogens is 186 g/mol. The molecule has 0 spiro atoms. The SMILES string of the molecule is Nc1cc(Cl)ccc1-c1ncc[nH]1. The number of anilines is 1. The van der Waals surface area contributed by atoms with E-state index >= 15 is 0 Å². The topological polar surface area (TPSA) is 54.7 Å². The zero-order valence-corrected chi connectivity index (χ0v) is 7.55. The molecular formula is C9H8ClN3. The van der Waals surface area contributed by atoms with Crippen molar-refractivity contribution >= 4 is 17.3 Å². The molecule has 0 saturated heterocycles. The highest BCUT2D eigenvalue weighted by Gasteiger charge is 2.03. The van der Waals surface area contributed by atoms with Crippen molar-refractivity contribution in [3.05, 3.63) is 35.6 Å². The molecule has 0 saturated carbocycles. The molecule has 0 bridgehead atoms. The van der Waals surface area contributed by atoms with Gasteiger partial charge in [-0.3, -0.25) is 0 Å². The highest BCUT2D eigenvalue weighted by atomic mass is 35.5. The predicted molar refractivity (Wildman–Crippen MR) is 53.4 cm³/mol. The second-order valence-corrected chi connectivity index (χ2v) is 3.11. The van der Waals surface area contributed by atoms with Crippen molar-refractivity contribution in [2.24, 2.45) is 0 Å². The highest BCUT2D eigenvalue weighted by molar-refractivity contribution is 6.31. The summed E-state index contributed by atoms with van der Waals surface area (Å²) >= 11 is 5.77. The zero-order valence-electron chi connectivity index (χ0n) is 6.79. The smallest absolute Gasteiger partial charge is 0.139 e. The zero-order chi connectivity index (χ0) is 9.26. The number of imidazole rings is 1. The van der Waals surface area contributed by atoms with Crippen molar-refractivity contribution in [2.75, 3.05) is 5.73 Å². The van der Waals surface area contributed by atoms with Crippen LogP contribution in [-0.2, 0) is 0 Å². The standard InChI is InChI=1S/C9H8ClN3/c10-6-1-2-7(8(11)5-6)9-12-3-4-13-9/h1-5H,11H2,(H,12,13). The molecule has 3 nitrogen and oxygen atoms in total. The van der Waals surface area contributed by atoms with Crippen LogP contribution in [0.15, 0.2) is 30.6 Å². The maximum Gasteiger partial charge on any atom is 0.139 e. The molecule has 1 heterocycles. The molecule has 3 N–H and O–H groups in total. The Morgan fingerprint density at radius 1 is 1.38 bits per heavy atom. The third-order valence-electron chi connectivity index (χ3n) is 1.77. The lowest BCUT2D eigenvalue weighted by molar-refractivity contribution is 1.31. The van der Waals surface area contributed by atoms with Crippen LogP contribution in [0.2, 0.25) is 5.02 Å². The van der Waals surface area contributed by atoms with Crippen LogP contribution >= 0.6 is 11.6 Å². The van der Waals surface area contributed by atoms with Gasteiger partial charge in [-0.2, -0.15) is 0 Å². The second-order valence-electron chi connectivity index (χ2n) is 2.67. The van der Waals surface area contributed by atoms with Crippen molar-refractivity contribution in [1.29, 1.82) is 0 Å². The summed E-state index contributed by atoms with van der Waals surface area (Å²) in [7, 11) is 0. The van der Waals surface area contributed by atoms with E-state index in [9.17, 15) is 0 Å². The predicted octanol–water partition coefficient (Wildman–Crippen LogP) is 2.31. The van der Waals surface area contributed by atoms with Crippen LogP contribution in [0.1, 0.15) is 0 Å². The fourth-order valence-corrected chi connectivity index (χ4v) is 1.34. The first-order valence-corrected chi connectivity index (χ1v) is 4.20. The lowest BCUT2D eigenvalue weighted by Crippen LogP contribution is -1.90. The van der Waals surface area contributed by atoms with Crippen LogP contribution in [-0.4, -0.2) is 9.97 Å². The average Bonchev–Trinajstić information content (AvgIpc) is 2.56. The highest BCUT2D eigenvalue weighted by Crippen LogP contribution is 2.25. The van der Waals surface area contributed by atoms with Gasteiger partial charge in [0.1, 0.15) is 5.82 Å². The van der Waals surface area contributed by atoms with Crippen molar-refractivity contribution in [3.8, 4) is 11.4 Å². The summed E-state index contributed by atoms with van der Waals surface area (Å²) < 4.78 is 0. The molecule has 0 amide bonds. The first-order valence-electron chi connectivity index (χ1n) is 3.82. The number of hydrogen-bond acceptors (Lipinski definition) is 2. The van der Waals surface area contributed by atoms with E-state index in [-0.39, 0.29) is 0 Å². The number of nitrogen functional groups attached to an aromatic ring is 1. The number of nitrogens with two attached hydrogens (primary N) is 1. The maximum absolute atomic E-state index is 5.77. The minimum Gasteiger partial charge on any atom is -0.398 e. The van der Waals surface area contributed by atoms with E-state index in [0.717, 1.165) is 11.4 Å². The molecule has 0 unspecified atom stereocenters. The number of H-pyrrole nitrogens is 1. The molecule has 2 aromatic rings. The molecule has 4 heteroatoms. The van der Waals surface area contributed by atoms with Crippen molar-refractivity contribution in [3.63, 3.8) is 0 Å². The number of halogens is 1. The maximum atomic E-state index is 5.77. The third-order valence-corrected chi connectivity index (χ3v) is 2.00. The molecule has 1 aromatic carbocycles. The molecule has 0 atom stereocenters. The van der Waals surface area contributed by atoms with Gasteiger partial charge in [-0.1, -0.05) is 11.6 Å². The van der Waals surface area contributed by atoms with Crippen LogP contribution in [0.4, 0.5) is 5.69 Å². The summed E-state index contributed by atoms with van der Waals surface area (Å²) in [5, 5.41) is 0.632. The van der Waals surface area contributed by atoms with E-state index < -0.39 is 0 Å². The second kappa shape index (κ2) is 3.11. The van der Waals surface area contributed by atoms with Crippen LogP contribution in [0, 0.1) is 0 Å². The summed E-state index contributed by atoms with van der Waals surface area (Å²) in [4.78, 5) is 7.08. The van der Waals surface area contributed by atoms with Gasteiger partial charge >= 0.3 is 0 Å². The third kappa shape index (κ3) is 1.51. The fraction of sp³-hybridized carbons (Fsp3) is 0. The van der Waals surface area contributed by atoms with E-state index in [1.165, 1.54) is 0 Å². The summed E-state index contributed by atoms with van der Waals surface area (Å²) in [5.41, 5.74) is 7.27. The number of rotatable bonds is 1. The molecule has 66 valence electrons. The minimum atomic E-state index is 0.627. The molecule has 0 aliphatic heterocycles. The van der Waals surface area contributed by atoms with Gasteiger partial charge in [0.2, 0.25) is 0 Å². The van der Waals surface area contributed by atoms with Crippen molar-refractivity contribution in [1.82, 2.24) is 9.97 Å². The Morgan fingerprint density at radius 3 is 2.85 bits per heavy atom. The van der Waals surface area contributed by atoms with Gasteiger partial charge in [0.05, 0.1) is 0 Å². The molecule has 2 rings (SSSR count). The minimum absolute atomic E-state index is 0.627. The van der Waals surface area contributed by atoms with E-state index in [1.54, 1.807) is 24.5 Å². The molecule has 1 aromatic heterocycles. The quantitative estimate of drug-likeness (QED) is 0.683. The van der Waals surface area contributed by atoms with E-state index in [0.29, 0.717) is 10.7 Å². The van der Waals surface area contributed by atoms with Crippen molar-refractivity contribution in [2.45, 2.75) is 0 Å². The van der Waals surface area contributed by atoms with Crippen LogP contribution in [0.3, 0.4) is 0 Å². The number of benzene rings is 1. The van der Waals surface area contributed by atoms with Crippen LogP contribution < -0.4 is 5.73 Å². The Bertz CT molecular complexity index is 409. The lowest BCUT2D eigenvalue weighted by atomic mass is 10.2. The monoisotopic (exact) mass is 193 g/mol. The van der Waals surface area contributed by atoms with E-state index in [1.807, 2.05) is 6.07 Å². The Morgan fingerprint density at radius 2 is 2.23 bits per heavy atom. The summed E-state index contributed by atoms with van der Waals surface area (Å²) in [6.45, 7) is 0. The average molecular weight is 194 g/mol. The van der Waals surface area contributed by atoms with E-state index in [4.69, 9.17) is 17.3 Å². The Hall–Kier alpha value is -1.48. The summed E-state index contributed by atoms with van der Waals surface area (Å²) in [5.74, 6) is 0.758. The van der Waals surface area contributed by atoms with Gasteiger partial charge in [-0.15, -0.1) is 0 Å². The van der Waals surface area contributed by atoms with Gasteiger partial charge in [-0.05, 0) is 18.2 Å². The fourth-order valence-electron chi connectivity index (χ4n) is 1.16. The number of aromatic nitrogens is 2. The number of nitrogens with zero attached hydrogens (tertiary/aromatic N) is 1. The largest absolute Gasteiger partial charge is 0.398 e. The van der Waals surface area contributed by atoms with Crippen LogP contribution in [0.5, 0.6) is 0 Å². The van der Waals surface area contributed by atoms with Gasteiger partial charge in [0, 0.05) is 28.7 Å². The number of nitrogens with one attached hydrogen (secondary N) is 1. The number of aromatic amines is 1. The first-order chi connectivity index (χ1) is 6.27. The van der Waals surface area contributed by atoms with Crippen LogP contribution in [0.25, 0.3) is 11.4 Å². The normalized spacial score (nSPS) is 10.2. The van der Waals surface area contributed by atoms with Gasteiger partial charge in [0.25, 0.3) is 0 Å². The molecule has 13 heavy (non-hydrogen) atoms. The molecule has 0 aliphatic carbocycles. The van der Waals surface area contributed by atoms with E-state index in [2.05, 4.69) is 9.97 Å². The Balaban J connectivity index is 2.53.